The molecule has 4 rings (SSSR count). The van der Waals surface area contributed by atoms with E-state index in [1.54, 1.807) is 12.4 Å². The Morgan fingerprint density at radius 1 is 1.33 bits per heavy atom. The van der Waals surface area contributed by atoms with Gasteiger partial charge in [-0.15, -0.1) is 0 Å². The first-order chi connectivity index (χ1) is 13.2. The summed E-state index contributed by atoms with van der Waals surface area (Å²) in [6.07, 6.45) is 7.61. The topological polar surface area (TPSA) is 69.5 Å². The van der Waals surface area contributed by atoms with Crippen molar-refractivity contribution >= 4 is 11.8 Å². The lowest BCUT2D eigenvalue weighted by atomic mass is 10.1. The van der Waals surface area contributed by atoms with Crippen LogP contribution in [0.4, 0.5) is 5.82 Å². The molecule has 144 valence electrons. The summed E-state index contributed by atoms with van der Waals surface area (Å²) in [5, 5.41) is 4.52. The summed E-state index contributed by atoms with van der Waals surface area (Å²) in [4.78, 5) is 19.0. The zero-order valence-electron chi connectivity index (χ0n) is 15.9. The van der Waals surface area contributed by atoms with Crippen molar-refractivity contribution in [2.75, 3.05) is 31.7 Å². The van der Waals surface area contributed by atoms with E-state index in [1.807, 2.05) is 16.8 Å². The van der Waals surface area contributed by atoms with Gasteiger partial charge in [0.2, 0.25) is 0 Å². The van der Waals surface area contributed by atoms with Crippen molar-refractivity contribution in [3.8, 4) is 11.3 Å². The van der Waals surface area contributed by atoms with E-state index < -0.39 is 0 Å². The third kappa shape index (κ3) is 3.56. The molecule has 4 heterocycles. The number of hydrogen-bond donors (Lipinski definition) is 0. The van der Waals surface area contributed by atoms with Crippen LogP contribution < -0.4 is 4.90 Å². The SMILES string of the molecule is COC(=O)c1cnc(N2CC[C@@H](C)C2)c(-c2ccnn2C2CCCCO2)c1. The molecule has 0 amide bonds. The Morgan fingerprint density at radius 3 is 2.93 bits per heavy atom. The van der Waals surface area contributed by atoms with Crippen molar-refractivity contribution in [1.29, 1.82) is 0 Å². The smallest absolute Gasteiger partial charge is 0.339 e. The van der Waals surface area contributed by atoms with Gasteiger partial charge in [-0.1, -0.05) is 6.92 Å². The van der Waals surface area contributed by atoms with E-state index in [0.717, 1.165) is 62.5 Å². The van der Waals surface area contributed by atoms with Crippen molar-refractivity contribution in [1.82, 2.24) is 14.8 Å². The van der Waals surface area contributed by atoms with Gasteiger partial charge in [0.25, 0.3) is 0 Å². The molecule has 1 unspecified atom stereocenters. The summed E-state index contributed by atoms with van der Waals surface area (Å²) in [5.74, 6) is 1.14. The van der Waals surface area contributed by atoms with Gasteiger partial charge in [0.05, 0.1) is 18.4 Å². The third-order valence-corrected chi connectivity index (χ3v) is 5.39. The van der Waals surface area contributed by atoms with Crippen molar-refractivity contribution in [2.24, 2.45) is 5.92 Å². The second kappa shape index (κ2) is 7.68. The summed E-state index contributed by atoms with van der Waals surface area (Å²) in [6, 6.07) is 3.84. The molecule has 7 nitrogen and oxygen atoms in total. The molecule has 0 N–H and O–H groups in total. The molecule has 7 heteroatoms. The van der Waals surface area contributed by atoms with Crippen molar-refractivity contribution < 1.29 is 14.3 Å². The van der Waals surface area contributed by atoms with Crippen LogP contribution in [-0.4, -0.2) is 47.5 Å². The van der Waals surface area contributed by atoms with E-state index in [-0.39, 0.29) is 12.2 Å². The molecular weight excluding hydrogens is 344 g/mol. The highest BCUT2D eigenvalue weighted by molar-refractivity contribution is 5.92. The van der Waals surface area contributed by atoms with Crippen molar-refractivity contribution in [2.45, 2.75) is 38.8 Å². The van der Waals surface area contributed by atoms with Crippen LogP contribution in [-0.2, 0) is 9.47 Å². The minimum absolute atomic E-state index is 0.0733. The number of anilines is 1. The number of esters is 1. The molecule has 2 aliphatic rings. The number of nitrogens with zero attached hydrogens (tertiary/aromatic N) is 4. The van der Waals surface area contributed by atoms with Gasteiger partial charge >= 0.3 is 5.97 Å². The van der Waals surface area contributed by atoms with E-state index in [1.165, 1.54) is 7.11 Å². The fourth-order valence-electron chi connectivity index (χ4n) is 3.93. The number of carbonyl (C=O) groups is 1. The minimum atomic E-state index is -0.384. The summed E-state index contributed by atoms with van der Waals surface area (Å²) in [6.45, 7) is 4.93. The van der Waals surface area contributed by atoms with Gasteiger partial charge in [-0.2, -0.15) is 5.10 Å². The van der Waals surface area contributed by atoms with Crippen molar-refractivity contribution in [3.63, 3.8) is 0 Å². The molecule has 2 atom stereocenters. The highest BCUT2D eigenvalue weighted by Crippen LogP contribution is 2.35. The molecule has 27 heavy (non-hydrogen) atoms. The predicted octanol–water partition coefficient (Wildman–Crippen LogP) is 3.28. The summed E-state index contributed by atoms with van der Waals surface area (Å²) >= 11 is 0. The fraction of sp³-hybridized carbons (Fsp3) is 0.550. The zero-order chi connectivity index (χ0) is 18.8. The Bertz CT molecular complexity index is 813. The van der Waals surface area contributed by atoms with Gasteiger partial charge in [-0.3, -0.25) is 0 Å². The molecule has 2 saturated heterocycles. The monoisotopic (exact) mass is 370 g/mol. The van der Waals surface area contributed by atoms with Crippen LogP contribution in [0.15, 0.2) is 24.5 Å². The summed E-state index contributed by atoms with van der Waals surface area (Å²) in [7, 11) is 1.39. The van der Waals surface area contributed by atoms with Crippen LogP contribution in [0.2, 0.25) is 0 Å². The minimum Gasteiger partial charge on any atom is -0.465 e. The Labute approximate surface area is 159 Å². The highest BCUT2D eigenvalue weighted by atomic mass is 16.5. The molecule has 0 saturated carbocycles. The lowest BCUT2D eigenvalue weighted by Crippen LogP contribution is -2.23. The van der Waals surface area contributed by atoms with E-state index in [4.69, 9.17) is 9.47 Å². The molecule has 0 aliphatic carbocycles. The van der Waals surface area contributed by atoms with Gasteiger partial charge in [-0.25, -0.2) is 14.5 Å². The van der Waals surface area contributed by atoms with Crippen LogP contribution in [0.25, 0.3) is 11.3 Å². The molecule has 0 radical (unpaired) electrons. The number of hydrogen-bond acceptors (Lipinski definition) is 6. The summed E-state index contributed by atoms with van der Waals surface area (Å²) < 4.78 is 12.8. The Hall–Kier alpha value is -2.41. The third-order valence-electron chi connectivity index (χ3n) is 5.39. The van der Waals surface area contributed by atoms with E-state index in [0.29, 0.717) is 11.5 Å². The average Bonchev–Trinajstić information content (AvgIpc) is 3.36. The second-order valence-corrected chi connectivity index (χ2v) is 7.41. The Balaban J connectivity index is 1.78. The van der Waals surface area contributed by atoms with Crippen LogP contribution in [0, 0.1) is 5.92 Å². The average molecular weight is 370 g/mol. The molecule has 0 bridgehead atoms. The zero-order valence-corrected chi connectivity index (χ0v) is 15.9. The van der Waals surface area contributed by atoms with Gasteiger partial charge in [0, 0.05) is 37.7 Å². The first-order valence-electron chi connectivity index (χ1n) is 9.66. The summed E-state index contributed by atoms with van der Waals surface area (Å²) in [5.41, 5.74) is 2.27. The second-order valence-electron chi connectivity index (χ2n) is 7.41. The highest BCUT2D eigenvalue weighted by Gasteiger charge is 2.27. The normalized spacial score (nSPS) is 22.8. The first kappa shape index (κ1) is 18.0. The Morgan fingerprint density at radius 2 is 2.22 bits per heavy atom. The van der Waals surface area contributed by atoms with E-state index >= 15 is 0 Å². The molecule has 2 aliphatic heterocycles. The van der Waals surface area contributed by atoms with Crippen molar-refractivity contribution in [3.05, 3.63) is 30.1 Å². The quantitative estimate of drug-likeness (QED) is 0.770. The molecule has 2 aromatic heterocycles. The lowest BCUT2D eigenvalue weighted by molar-refractivity contribution is -0.0383. The Kier molecular flexibility index (Phi) is 5.11. The van der Waals surface area contributed by atoms with E-state index in [2.05, 4.69) is 21.9 Å². The largest absolute Gasteiger partial charge is 0.465 e. The first-order valence-corrected chi connectivity index (χ1v) is 9.66. The van der Waals surface area contributed by atoms with Crippen LogP contribution in [0.5, 0.6) is 0 Å². The fourth-order valence-corrected chi connectivity index (χ4v) is 3.93. The predicted molar refractivity (Wildman–Crippen MR) is 102 cm³/mol. The van der Waals surface area contributed by atoms with Gasteiger partial charge < -0.3 is 14.4 Å². The molecular formula is C20H26N4O3. The number of carbonyl (C=O) groups excluding carboxylic acids is 1. The molecule has 2 fully saturated rings. The van der Waals surface area contributed by atoms with Crippen LogP contribution >= 0.6 is 0 Å². The number of aromatic nitrogens is 3. The standard InChI is InChI=1S/C20H26N4O3/c1-14-7-9-23(13-14)19-16(11-15(12-21-19)20(25)26-2)17-6-8-22-24(17)18-5-3-4-10-27-18/h6,8,11-12,14,18H,3-5,7,9-10,13H2,1-2H3/t14-,18?/m1/s1. The van der Waals surface area contributed by atoms with Crippen LogP contribution in [0.3, 0.4) is 0 Å². The maximum absolute atomic E-state index is 12.1. The van der Waals surface area contributed by atoms with Gasteiger partial charge in [0.1, 0.15) is 5.82 Å². The molecule has 2 aromatic rings. The number of pyridine rings is 1. The number of rotatable bonds is 4. The number of ether oxygens (including phenoxy) is 2. The lowest BCUT2D eigenvalue weighted by Gasteiger charge is -2.26. The van der Waals surface area contributed by atoms with Gasteiger partial charge in [-0.05, 0) is 43.7 Å². The maximum Gasteiger partial charge on any atom is 0.339 e. The van der Waals surface area contributed by atoms with Gasteiger partial charge in [0.15, 0.2) is 6.23 Å². The molecule has 0 aromatic carbocycles. The van der Waals surface area contributed by atoms with E-state index in [9.17, 15) is 4.79 Å². The molecule has 0 spiro atoms. The maximum atomic E-state index is 12.1. The van der Waals surface area contributed by atoms with Crippen LogP contribution in [0.1, 0.15) is 49.2 Å². The number of methoxy groups -OCH3 is 1.